The molecule has 0 fully saturated rings. The van der Waals surface area contributed by atoms with Crippen molar-refractivity contribution < 1.29 is 19.1 Å². The third-order valence-electron chi connectivity index (χ3n) is 5.01. The number of methoxy groups -OCH3 is 1. The molecular formula is C25H19N3O4S2. The number of fused-ring (bicyclic) bond motifs is 1. The normalized spacial score (nSPS) is 11.2. The highest BCUT2D eigenvalue weighted by molar-refractivity contribution is 7.22. The molecule has 0 radical (unpaired) electrons. The Bertz CT molecular complexity index is 1420. The van der Waals surface area contributed by atoms with Crippen LogP contribution in [0, 0.1) is 25.2 Å². The number of anilines is 1. The second-order valence-electron chi connectivity index (χ2n) is 7.32. The summed E-state index contributed by atoms with van der Waals surface area (Å²) in [6.45, 7) is 4.03. The fraction of sp³-hybridized carbons (Fsp3) is 0.120. The summed E-state index contributed by atoms with van der Waals surface area (Å²) in [6, 6.07) is 14.1. The minimum atomic E-state index is -0.567. The molecular weight excluding hydrogens is 470 g/mol. The number of nitrogens with one attached hydrogen (secondary N) is 1. The van der Waals surface area contributed by atoms with Gasteiger partial charge >= 0.3 is 5.97 Å². The number of nitriles is 1. The molecule has 4 rings (SSSR count). The van der Waals surface area contributed by atoms with E-state index in [2.05, 4.69) is 10.3 Å². The Hall–Kier alpha value is -4.00. The summed E-state index contributed by atoms with van der Waals surface area (Å²) in [5, 5.41) is 14.5. The van der Waals surface area contributed by atoms with Gasteiger partial charge in [0.1, 0.15) is 16.5 Å². The van der Waals surface area contributed by atoms with Crippen molar-refractivity contribution in [3.05, 3.63) is 75.0 Å². The second-order valence-corrected chi connectivity index (χ2v) is 9.30. The van der Waals surface area contributed by atoms with Gasteiger partial charge in [-0.2, -0.15) is 5.26 Å². The van der Waals surface area contributed by atoms with E-state index in [0.29, 0.717) is 21.3 Å². The molecule has 0 atom stereocenters. The molecule has 4 aromatic rings. The summed E-state index contributed by atoms with van der Waals surface area (Å²) < 4.78 is 11.7. The Labute approximate surface area is 203 Å². The SMILES string of the molecule is COc1cc(C=C(C#N)C(=O)Nc2nc3cc(C)c(C)cc3s2)ccc1OC(=O)c1cccs1. The Balaban J connectivity index is 1.53. The lowest BCUT2D eigenvalue weighted by Crippen LogP contribution is -2.13. The van der Waals surface area contributed by atoms with Gasteiger partial charge < -0.3 is 9.47 Å². The van der Waals surface area contributed by atoms with E-state index in [4.69, 9.17) is 9.47 Å². The molecule has 0 saturated carbocycles. The number of hydrogen-bond acceptors (Lipinski definition) is 8. The number of thiazole rings is 1. The van der Waals surface area contributed by atoms with E-state index in [9.17, 15) is 14.9 Å². The molecule has 34 heavy (non-hydrogen) atoms. The van der Waals surface area contributed by atoms with Crippen molar-refractivity contribution in [2.75, 3.05) is 12.4 Å². The van der Waals surface area contributed by atoms with Crippen LogP contribution >= 0.6 is 22.7 Å². The number of rotatable bonds is 6. The van der Waals surface area contributed by atoms with Gasteiger partial charge in [0.05, 0.1) is 17.3 Å². The highest BCUT2D eigenvalue weighted by Crippen LogP contribution is 2.31. The fourth-order valence-corrected chi connectivity index (χ4v) is 4.66. The van der Waals surface area contributed by atoms with Crippen molar-refractivity contribution in [2.45, 2.75) is 13.8 Å². The highest BCUT2D eigenvalue weighted by Gasteiger charge is 2.16. The maximum absolute atomic E-state index is 12.7. The number of thiophene rings is 1. The molecule has 0 spiro atoms. The van der Waals surface area contributed by atoms with Crippen molar-refractivity contribution in [1.29, 1.82) is 5.26 Å². The zero-order valence-electron chi connectivity index (χ0n) is 18.5. The van der Waals surface area contributed by atoms with Crippen molar-refractivity contribution in [3.63, 3.8) is 0 Å². The largest absolute Gasteiger partial charge is 0.493 e. The number of ether oxygens (including phenoxy) is 2. The monoisotopic (exact) mass is 489 g/mol. The van der Waals surface area contributed by atoms with Crippen molar-refractivity contribution >= 4 is 56.0 Å². The van der Waals surface area contributed by atoms with Gasteiger partial charge in [-0.05, 0) is 72.3 Å². The first-order chi connectivity index (χ1) is 16.4. The summed E-state index contributed by atoms with van der Waals surface area (Å²) in [5.41, 5.74) is 3.49. The predicted octanol–water partition coefficient (Wildman–Crippen LogP) is 5.75. The molecule has 1 amide bonds. The molecule has 9 heteroatoms. The maximum atomic E-state index is 12.7. The van der Waals surface area contributed by atoms with Gasteiger partial charge in [-0.3, -0.25) is 10.1 Å². The first-order valence-electron chi connectivity index (χ1n) is 10.1. The van der Waals surface area contributed by atoms with Crippen LogP contribution in [-0.2, 0) is 4.79 Å². The van der Waals surface area contributed by atoms with Crippen LogP contribution in [0.1, 0.15) is 26.4 Å². The van der Waals surface area contributed by atoms with Crippen molar-refractivity contribution in [1.82, 2.24) is 4.98 Å². The average molecular weight is 490 g/mol. The number of carbonyl (C=O) groups is 2. The fourth-order valence-electron chi connectivity index (χ4n) is 3.12. The maximum Gasteiger partial charge on any atom is 0.353 e. The van der Waals surface area contributed by atoms with Gasteiger partial charge in [-0.1, -0.05) is 23.5 Å². The van der Waals surface area contributed by atoms with E-state index < -0.39 is 11.9 Å². The van der Waals surface area contributed by atoms with Crippen LogP contribution in [-0.4, -0.2) is 24.0 Å². The lowest BCUT2D eigenvalue weighted by molar-refractivity contribution is -0.112. The molecule has 2 aromatic carbocycles. The number of nitrogens with zero attached hydrogens (tertiary/aromatic N) is 2. The van der Waals surface area contributed by atoms with E-state index in [1.165, 1.54) is 35.9 Å². The lowest BCUT2D eigenvalue weighted by Gasteiger charge is -2.09. The first-order valence-corrected chi connectivity index (χ1v) is 11.8. The van der Waals surface area contributed by atoms with Crippen molar-refractivity contribution in [3.8, 4) is 17.6 Å². The summed E-state index contributed by atoms with van der Waals surface area (Å²) in [7, 11) is 1.44. The number of aromatic nitrogens is 1. The van der Waals surface area contributed by atoms with Gasteiger partial charge in [0.15, 0.2) is 16.6 Å². The minimum Gasteiger partial charge on any atom is -0.493 e. The van der Waals surface area contributed by atoms with Crippen LogP contribution < -0.4 is 14.8 Å². The second kappa shape index (κ2) is 9.87. The summed E-state index contributed by atoms with van der Waals surface area (Å²) in [6.07, 6.45) is 1.43. The third kappa shape index (κ3) is 4.98. The van der Waals surface area contributed by atoms with Gasteiger partial charge in [0, 0.05) is 0 Å². The van der Waals surface area contributed by atoms with Crippen LogP contribution in [0.2, 0.25) is 0 Å². The Kier molecular flexibility index (Phi) is 6.72. The Morgan fingerprint density at radius 2 is 1.91 bits per heavy atom. The molecule has 170 valence electrons. The van der Waals surface area contributed by atoms with Crippen LogP contribution in [0.15, 0.2) is 53.4 Å². The summed E-state index contributed by atoms with van der Waals surface area (Å²) in [4.78, 5) is 29.9. The van der Waals surface area contributed by atoms with E-state index in [-0.39, 0.29) is 11.3 Å². The quantitative estimate of drug-likeness (QED) is 0.160. The van der Waals surface area contributed by atoms with Crippen LogP contribution in [0.25, 0.3) is 16.3 Å². The number of aryl methyl sites for hydroxylation is 2. The number of hydrogen-bond donors (Lipinski definition) is 1. The molecule has 7 nitrogen and oxygen atoms in total. The number of amides is 1. The molecule has 2 heterocycles. The van der Waals surface area contributed by atoms with Gasteiger partial charge in [-0.15, -0.1) is 11.3 Å². The summed E-state index contributed by atoms with van der Waals surface area (Å²) in [5.74, 6) is -0.522. The van der Waals surface area contributed by atoms with Crippen LogP contribution in [0.3, 0.4) is 0 Å². The molecule has 0 aliphatic rings. The average Bonchev–Trinajstić information content (AvgIpc) is 3.48. The van der Waals surface area contributed by atoms with E-state index in [1.807, 2.05) is 32.0 Å². The molecule has 2 aromatic heterocycles. The molecule has 0 saturated heterocycles. The van der Waals surface area contributed by atoms with E-state index in [1.54, 1.807) is 35.7 Å². The zero-order chi connectivity index (χ0) is 24.2. The predicted molar refractivity (Wildman–Crippen MR) is 134 cm³/mol. The number of esters is 1. The lowest BCUT2D eigenvalue weighted by atomic mass is 10.1. The molecule has 0 bridgehead atoms. The standard InChI is InChI=1S/C25H19N3O4S2/c1-14-9-18-22(10-15(14)2)34-25(27-18)28-23(29)17(13-26)11-16-6-7-19(20(12-16)31-3)32-24(30)21-5-4-8-33-21/h4-12H,1-3H3,(H,27,28,29). The van der Waals surface area contributed by atoms with Gasteiger partial charge in [-0.25, -0.2) is 9.78 Å². The smallest absolute Gasteiger partial charge is 0.353 e. The van der Waals surface area contributed by atoms with E-state index in [0.717, 1.165) is 21.3 Å². The molecule has 1 N–H and O–H groups in total. The number of benzene rings is 2. The van der Waals surface area contributed by atoms with Crippen molar-refractivity contribution in [2.24, 2.45) is 0 Å². The van der Waals surface area contributed by atoms with Crippen LogP contribution in [0.5, 0.6) is 11.5 Å². The minimum absolute atomic E-state index is 0.1000. The third-order valence-corrected chi connectivity index (χ3v) is 6.80. The highest BCUT2D eigenvalue weighted by atomic mass is 32.1. The zero-order valence-corrected chi connectivity index (χ0v) is 20.2. The molecule has 0 aliphatic carbocycles. The topological polar surface area (TPSA) is 101 Å². The van der Waals surface area contributed by atoms with Crippen LogP contribution in [0.4, 0.5) is 5.13 Å². The van der Waals surface area contributed by atoms with Gasteiger partial charge in [0.2, 0.25) is 0 Å². The molecule has 0 unspecified atom stereocenters. The van der Waals surface area contributed by atoms with Gasteiger partial charge in [0.25, 0.3) is 5.91 Å². The summed E-state index contributed by atoms with van der Waals surface area (Å²) >= 11 is 2.62. The Morgan fingerprint density at radius 3 is 2.62 bits per heavy atom. The van der Waals surface area contributed by atoms with E-state index >= 15 is 0 Å². The first kappa shape index (κ1) is 23.2. The Morgan fingerprint density at radius 1 is 1.12 bits per heavy atom. The number of carbonyl (C=O) groups excluding carboxylic acids is 2. The molecule has 0 aliphatic heterocycles.